The molecule has 7 heteroatoms. The minimum Gasteiger partial charge on any atom is -0.469 e. The van der Waals surface area contributed by atoms with Crippen molar-refractivity contribution in [3.8, 4) is 11.1 Å². The lowest BCUT2D eigenvalue weighted by molar-refractivity contribution is -0.139. The van der Waals surface area contributed by atoms with E-state index in [1.807, 2.05) is 45.0 Å². The minimum atomic E-state index is -3.54. The molecule has 0 aliphatic carbocycles. The third kappa shape index (κ3) is 4.61. The Morgan fingerprint density at radius 2 is 1.68 bits per heavy atom. The van der Waals surface area contributed by atoms with Crippen LogP contribution in [0.25, 0.3) is 21.9 Å². The number of hydrogen-bond acceptors (Lipinski definition) is 4. The van der Waals surface area contributed by atoms with Crippen LogP contribution in [0.4, 0.5) is 0 Å². The van der Waals surface area contributed by atoms with Crippen LogP contribution < -0.4 is 0 Å². The number of sulfonamides is 1. The van der Waals surface area contributed by atoms with E-state index in [1.165, 1.54) is 11.4 Å². The molecule has 0 spiro atoms. The van der Waals surface area contributed by atoms with Gasteiger partial charge in [0.05, 0.1) is 18.4 Å². The first-order valence-corrected chi connectivity index (χ1v) is 11.9. The van der Waals surface area contributed by atoms with Crippen molar-refractivity contribution in [2.75, 3.05) is 20.2 Å². The molecule has 0 heterocycles. The second kappa shape index (κ2) is 9.39. The van der Waals surface area contributed by atoms with Crippen LogP contribution in [0, 0.1) is 6.92 Å². The van der Waals surface area contributed by atoms with Crippen LogP contribution in [0.5, 0.6) is 0 Å². The number of carbonyl (C=O) groups excluding carboxylic acids is 1. The number of ether oxygens (including phenoxy) is 1. The maximum atomic E-state index is 12.8. The van der Waals surface area contributed by atoms with Gasteiger partial charge < -0.3 is 4.74 Å². The summed E-state index contributed by atoms with van der Waals surface area (Å²) in [6.07, 6.45) is 0.155. The third-order valence-electron chi connectivity index (χ3n) is 5.52. The summed E-state index contributed by atoms with van der Waals surface area (Å²) in [6, 6.07) is 14.5. The molecule has 0 amide bonds. The number of esters is 1. The molecule has 3 aromatic carbocycles. The normalized spacial score (nSPS) is 11.8. The van der Waals surface area contributed by atoms with Crippen LogP contribution >= 0.6 is 11.6 Å². The Labute approximate surface area is 188 Å². The van der Waals surface area contributed by atoms with Crippen molar-refractivity contribution >= 4 is 38.4 Å². The summed E-state index contributed by atoms with van der Waals surface area (Å²) < 4.78 is 31.9. The maximum Gasteiger partial charge on any atom is 0.309 e. The summed E-state index contributed by atoms with van der Waals surface area (Å²) in [7, 11) is -2.17. The second-order valence-corrected chi connectivity index (χ2v) is 9.64. The summed E-state index contributed by atoms with van der Waals surface area (Å²) in [6.45, 7) is 6.42. The zero-order valence-corrected chi connectivity index (χ0v) is 19.7. The van der Waals surface area contributed by atoms with E-state index >= 15 is 0 Å². The van der Waals surface area contributed by atoms with Crippen molar-refractivity contribution in [2.24, 2.45) is 0 Å². The van der Waals surface area contributed by atoms with Crippen molar-refractivity contribution < 1.29 is 17.9 Å². The Kier molecular flexibility index (Phi) is 7.04. The number of methoxy groups -OCH3 is 1. The summed E-state index contributed by atoms with van der Waals surface area (Å²) in [5, 5.41) is 2.50. The lowest BCUT2D eigenvalue weighted by Gasteiger charge is -2.19. The van der Waals surface area contributed by atoms with Crippen molar-refractivity contribution in [1.82, 2.24) is 4.31 Å². The Morgan fingerprint density at radius 1 is 1.03 bits per heavy atom. The number of rotatable bonds is 7. The van der Waals surface area contributed by atoms with Gasteiger partial charge in [-0.25, -0.2) is 8.42 Å². The van der Waals surface area contributed by atoms with Crippen LogP contribution in [-0.4, -0.2) is 38.9 Å². The summed E-state index contributed by atoms with van der Waals surface area (Å²) >= 11 is 6.27. The Bertz CT molecular complexity index is 1220. The highest BCUT2D eigenvalue weighted by atomic mass is 35.5. The van der Waals surface area contributed by atoms with Gasteiger partial charge in [0.1, 0.15) is 0 Å². The molecule has 0 saturated heterocycles. The Morgan fingerprint density at radius 3 is 2.26 bits per heavy atom. The maximum absolute atomic E-state index is 12.8. The predicted molar refractivity (Wildman–Crippen MR) is 125 cm³/mol. The van der Waals surface area contributed by atoms with Gasteiger partial charge in [0.2, 0.25) is 10.0 Å². The minimum absolute atomic E-state index is 0.155. The van der Waals surface area contributed by atoms with Gasteiger partial charge in [0.25, 0.3) is 0 Å². The van der Waals surface area contributed by atoms with Gasteiger partial charge in [-0.3, -0.25) is 4.79 Å². The molecule has 0 fully saturated rings. The Balaban J connectivity index is 2.18. The first-order valence-electron chi connectivity index (χ1n) is 10.1. The quantitative estimate of drug-likeness (QED) is 0.455. The largest absolute Gasteiger partial charge is 0.469 e. The smallest absolute Gasteiger partial charge is 0.309 e. The van der Waals surface area contributed by atoms with E-state index < -0.39 is 10.0 Å². The molecule has 0 aliphatic rings. The highest BCUT2D eigenvalue weighted by Crippen LogP contribution is 2.36. The van der Waals surface area contributed by atoms with E-state index in [2.05, 4.69) is 0 Å². The van der Waals surface area contributed by atoms with Gasteiger partial charge >= 0.3 is 5.97 Å². The molecular formula is C24H26ClNO4S. The zero-order valence-electron chi connectivity index (χ0n) is 18.1. The van der Waals surface area contributed by atoms with Crippen LogP contribution in [0.1, 0.15) is 25.0 Å². The molecule has 5 nitrogen and oxygen atoms in total. The van der Waals surface area contributed by atoms with E-state index in [4.69, 9.17) is 16.3 Å². The molecule has 0 atom stereocenters. The van der Waals surface area contributed by atoms with Crippen LogP contribution in [0.2, 0.25) is 5.02 Å². The van der Waals surface area contributed by atoms with Crippen molar-refractivity contribution in [2.45, 2.75) is 32.1 Å². The van der Waals surface area contributed by atoms with Crippen LogP contribution in [0.15, 0.2) is 53.4 Å². The van der Waals surface area contributed by atoms with Gasteiger partial charge in [-0.1, -0.05) is 49.7 Å². The predicted octanol–water partition coefficient (Wildman–Crippen LogP) is 5.21. The van der Waals surface area contributed by atoms with E-state index in [0.29, 0.717) is 18.1 Å². The van der Waals surface area contributed by atoms with E-state index in [-0.39, 0.29) is 17.3 Å². The van der Waals surface area contributed by atoms with Crippen LogP contribution in [-0.2, 0) is 26.0 Å². The van der Waals surface area contributed by atoms with Crippen LogP contribution in [0.3, 0.4) is 0 Å². The van der Waals surface area contributed by atoms with E-state index in [9.17, 15) is 13.2 Å². The number of carbonyl (C=O) groups is 1. The first kappa shape index (κ1) is 23.3. The summed E-state index contributed by atoms with van der Waals surface area (Å²) in [5.74, 6) is -0.317. The monoisotopic (exact) mass is 459 g/mol. The molecule has 0 saturated carbocycles. The lowest BCUT2D eigenvalue weighted by Crippen LogP contribution is -2.30. The van der Waals surface area contributed by atoms with Gasteiger partial charge in [-0.2, -0.15) is 4.31 Å². The van der Waals surface area contributed by atoms with Crippen molar-refractivity contribution in [1.29, 1.82) is 0 Å². The SMILES string of the molecule is CCN(CC)S(=O)(=O)c1ccc(-c2c(C)c(CC(=O)OC)cc3ccc(Cl)cc23)cc1. The van der Waals surface area contributed by atoms with Gasteiger partial charge in [0.15, 0.2) is 0 Å². The number of fused-ring (bicyclic) bond motifs is 1. The summed E-state index contributed by atoms with van der Waals surface area (Å²) in [5.41, 5.74) is 3.57. The Hall–Kier alpha value is -2.41. The number of benzene rings is 3. The van der Waals surface area contributed by atoms with Gasteiger partial charge in [-0.05, 0) is 64.2 Å². The fraction of sp³-hybridized carbons (Fsp3) is 0.292. The topological polar surface area (TPSA) is 63.7 Å². The lowest BCUT2D eigenvalue weighted by atomic mass is 9.89. The highest BCUT2D eigenvalue weighted by Gasteiger charge is 2.22. The van der Waals surface area contributed by atoms with Crippen molar-refractivity contribution in [3.05, 3.63) is 64.7 Å². The molecule has 164 valence electrons. The second-order valence-electron chi connectivity index (χ2n) is 7.27. The molecule has 31 heavy (non-hydrogen) atoms. The van der Waals surface area contributed by atoms with Gasteiger partial charge in [-0.15, -0.1) is 0 Å². The molecule has 0 bridgehead atoms. The standard InChI is InChI=1S/C24H26ClNO4S/c1-5-26(6-2)31(28,29)21-11-8-17(9-12-21)24-16(3)19(14-23(27)30-4)13-18-7-10-20(25)15-22(18)24/h7-13,15H,5-6,14H2,1-4H3. The molecule has 3 rings (SSSR count). The number of nitrogens with zero attached hydrogens (tertiary/aromatic N) is 1. The van der Waals surface area contributed by atoms with E-state index in [1.54, 1.807) is 24.3 Å². The third-order valence-corrected chi connectivity index (χ3v) is 7.82. The average molecular weight is 460 g/mol. The fourth-order valence-corrected chi connectivity index (χ4v) is 5.45. The highest BCUT2D eigenvalue weighted by molar-refractivity contribution is 7.89. The molecule has 0 N–H and O–H groups in total. The average Bonchev–Trinajstić information content (AvgIpc) is 2.75. The molecule has 0 radical (unpaired) electrons. The summed E-state index contributed by atoms with van der Waals surface area (Å²) in [4.78, 5) is 12.2. The molecule has 3 aromatic rings. The number of halogens is 1. The zero-order chi connectivity index (χ0) is 22.8. The molecular weight excluding hydrogens is 434 g/mol. The number of hydrogen-bond donors (Lipinski definition) is 0. The first-order chi connectivity index (χ1) is 14.7. The van der Waals surface area contributed by atoms with Crippen molar-refractivity contribution in [3.63, 3.8) is 0 Å². The molecule has 0 aromatic heterocycles. The van der Waals surface area contributed by atoms with E-state index in [0.717, 1.165) is 33.0 Å². The molecule has 0 unspecified atom stereocenters. The fourth-order valence-electron chi connectivity index (χ4n) is 3.82. The van der Waals surface area contributed by atoms with Gasteiger partial charge in [0, 0.05) is 18.1 Å². The molecule has 0 aliphatic heterocycles.